The van der Waals surface area contributed by atoms with Gasteiger partial charge in [-0.05, 0) is 19.1 Å². The Balaban J connectivity index is 1.83. The summed E-state index contributed by atoms with van der Waals surface area (Å²) < 4.78 is 5.84. The molecule has 1 N–H and O–H groups in total. The van der Waals surface area contributed by atoms with Crippen molar-refractivity contribution in [2.75, 3.05) is 13.1 Å². The molecule has 1 aromatic rings. The van der Waals surface area contributed by atoms with E-state index in [0.717, 1.165) is 18.6 Å². The lowest BCUT2D eigenvalue weighted by Crippen LogP contribution is -2.45. The Morgan fingerprint density at radius 1 is 1.25 bits per heavy atom. The van der Waals surface area contributed by atoms with E-state index in [0.29, 0.717) is 13.1 Å². The molecule has 1 saturated heterocycles. The van der Waals surface area contributed by atoms with Gasteiger partial charge in [0.25, 0.3) is 0 Å². The molecule has 5 heteroatoms. The van der Waals surface area contributed by atoms with Gasteiger partial charge in [0.15, 0.2) is 0 Å². The second kappa shape index (κ2) is 6.41. The van der Waals surface area contributed by atoms with Crippen molar-refractivity contribution in [3.8, 4) is 5.75 Å². The molecule has 5 nitrogen and oxygen atoms in total. The highest BCUT2D eigenvalue weighted by Gasteiger charge is 2.29. The maximum atomic E-state index is 11.9. The molecule has 0 aromatic heterocycles. The maximum Gasteiger partial charge on any atom is 0.315 e. The monoisotopic (exact) mass is 277 g/mol. The molecule has 0 bridgehead atoms. The first-order valence-electron chi connectivity index (χ1n) is 6.81. The Labute approximate surface area is 118 Å². The molecule has 20 heavy (non-hydrogen) atoms. The Kier molecular flexibility index (Phi) is 4.61. The summed E-state index contributed by atoms with van der Waals surface area (Å²) in [6.07, 6.45) is 1.54. The van der Waals surface area contributed by atoms with Crippen LogP contribution >= 0.6 is 0 Å². The Hall–Kier alpha value is -2.04. The lowest BCUT2D eigenvalue weighted by molar-refractivity contribution is -0.151. The van der Waals surface area contributed by atoms with E-state index in [1.807, 2.05) is 30.3 Å². The van der Waals surface area contributed by atoms with E-state index in [1.165, 1.54) is 6.92 Å². The summed E-state index contributed by atoms with van der Waals surface area (Å²) in [4.78, 5) is 24.3. The normalized spacial score (nSPS) is 17.6. The minimum absolute atomic E-state index is 0.0848. The van der Waals surface area contributed by atoms with Gasteiger partial charge in [-0.3, -0.25) is 9.59 Å². The second-order valence-electron chi connectivity index (χ2n) is 5.02. The number of carbonyl (C=O) groups excluding carboxylic acids is 1. The lowest BCUT2D eigenvalue weighted by atomic mass is 10.0. The van der Waals surface area contributed by atoms with Crippen LogP contribution in [0.2, 0.25) is 0 Å². The van der Waals surface area contributed by atoms with E-state index in [4.69, 9.17) is 9.84 Å². The van der Waals surface area contributed by atoms with Crippen LogP contribution in [0, 0.1) is 5.92 Å². The Morgan fingerprint density at radius 3 is 2.40 bits per heavy atom. The van der Waals surface area contributed by atoms with Crippen molar-refractivity contribution >= 4 is 11.9 Å². The summed E-state index contributed by atoms with van der Waals surface area (Å²) in [5, 5.41) is 8.86. The highest BCUT2D eigenvalue weighted by molar-refractivity contribution is 5.96. The molecule has 0 aliphatic carbocycles. The summed E-state index contributed by atoms with van der Waals surface area (Å²) in [5.74, 6) is -1.52. The van der Waals surface area contributed by atoms with Crippen LogP contribution < -0.4 is 4.74 Å². The number of piperidine rings is 1. The molecule has 1 unspecified atom stereocenters. The average Bonchev–Trinajstić information content (AvgIpc) is 2.47. The van der Waals surface area contributed by atoms with Crippen molar-refractivity contribution < 1.29 is 19.4 Å². The number of likely N-dealkylation sites (tertiary alicyclic amines) is 1. The fourth-order valence-corrected chi connectivity index (χ4v) is 2.27. The molecule has 1 aliphatic heterocycles. The maximum absolute atomic E-state index is 11.9. The molecular formula is C15H19NO4. The molecule has 0 spiro atoms. The summed E-state index contributed by atoms with van der Waals surface area (Å²) in [6.45, 7) is 2.53. The smallest absolute Gasteiger partial charge is 0.315 e. The third-order valence-electron chi connectivity index (χ3n) is 3.54. The molecule has 1 heterocycles. The number of para-hydroxylation sites is 1. The number of benzene rings is 1. The fourth-order valence-electron chi connectivity index (χ4n) is 2.27. The number of rotatable bonds is 4. The number of hydrogen-bond donors (Lipinski definition) is 1. The molecule has 1 fully saturated rings. The van der Waals surface area contributed by atoms with Gasteiger partial charge in [-0.25, -0.2) is 0 Å². The Morgan fingerprint density at radius 2 is 1.85 bits per heavy atom. The summed E-state index contributed by atoms with van der Waals surface area (Å²) in [5.41, 5.74) is 0. The first-order chi connectivity index (χ1) is 9.58. The van der Waals surface area contributed by atoms with Crippen LogP contribution in [0.4, 0.5) is 0 Å². The summed E-state index contributed by atoms with van der Waals surface area (Å²) >= 11 is 0. The number of hydrogen-bond acceptors (Lipinski definition) is 3. The fraction of sp³-hybridized carbons (Fsp3) is 0.467. The van der Waals surface area contributed by atoms with Crippen LogP contribution in [0.25, 0.3) is 0 Å². The van der Waals surface area contributed by atoms with Gasteiger partial charge in [0.1, 0.15) is 17.8 Å². The van der Waals surface area contributed by atoms with Crippen molar-refractivity contribution in [1.82, 2.24) is 4.90 Å². The number of carboxylic acid groups (broad SMARTS) is 1. The number of carboxylic acids is 1. The largest absolute Gasteiger partial charge is 0.490 e. The molecule has 0 radical (unpaired) electrons. The minimum atomic E-state index is -1.07. The zero-order valence-electron chi connectivity index (χ0n) is 11.5. The van der Waals surface area contributed by atoms with Gasteiger partial charge in [0, 0.05) is 25.9 Å². The molecule has 2 rings (SSSR count). The van der Waals surface area contributed by atoms with Crippen molar-refractivity contribution in [3.63, 3.8) is 0 Å². The van der Waals surface area contributed by atoms with Crippen LogP contribution in [0.15, 0.2) is 30.3 Å². The number of ether oxygens (including phenoxy) is 1. The average molecular weight is 277 g/mol. The zero-order valence-corrected chi connectivity index (χ0v) is 11.5. The highest BCUT2D eigenvalue weighted by Crippen LogP contribution is 2.19. The highest BCUT2D eigenvalue weighted by atomic mass is 16.5. The third kappa shape index (κ3) is 3.50. The van der Waals surface area contributed by atoms with Crippen LogP contribution in [-0.4, -0.2) is 41.1 Å². The molecule has 1 aromatic carbocycles. The molecule has 1 atom stereocenters. The molecule has 108 valence electrons. The predicted octanol–water partition coefficient (Wildman–Crippen LogP) is 1.78. The van der Waals surface area contributed by atoms with Crippen LogP contribution in [0.3, 0.4) is 0 Å². The number of aliphatic carboxylic acids is 1. The van der Waals surface area contributed by atoms with Crippen LogP contribution in [0.5, 0.6) is 5.75 Å². The number of amides is 1. The Bertz CT molecular complexity index is 466. The molecule has 1 aliphatic rings. The van der Waals surface area contributed by atoms with Gasteiger partial charge in [-0.15, -0.1) is 0 Å². The van der Waals surface area contributed by atoms with E-state index in [-0.39, 0.29) is 12.0 Å². The number of carbonyl (C=O) groups is 2. The quantitative estimate of drug-likeness (QED) is 0.852. The molecular weight excluding hydrogens is 258 g/mol. The van der Waals surface area contributed by atoms with Crippen LogP contribution in [0.1, 0.15) is 19.8 Å². The molecule has 1 amide bonds. The van der Waals surface area contributed by atoms with Gasteiger partial charge in [-0.2, -0.15) is 0 Å². The zero-order chi connectivity index (χ0) is 14.5. The van der Waals surface area contributed by atoms with Crippen molar-refractivity contribution in [1.29, 1.82) is 0 Å². The number of nitrogens with zero attached hydrogens (tertiary/aromatic N) is 1. The van der Waals surface area contributed by atoms with Crippen molar-refractivity contribution in [2.45, 2.75) is 25.9 Å². The first-order valence-corrected chi connectivity index (χ1v) is 6.81. The van der Waals surface area contributed by atoms with E-state index in [1.54, 1.807) is 4.90 Å². The second-order valence-corrected chi connectivity index (χ2v) is 5.02. The van der Waals surface area contributed by atoms with Gasteiger partial charge < -0.3 is 14.7 Å². The van der Waals surface area contributed by atoms with E-state index in [2.05, 4.69) is 0 Å². The standard InChI is InChI=1S/C15H19NO4/c1-11(15(18)19)14(17)16-9-7-13(8-10-16)20-12-5-3-2-4-6-12/h2-6,11,13H,7-10H2,1H3,(H,18,19). The van der Waals surface area contributed by atoms with E-state index < -0.39 is 11.9 Å². The van der Waals surface area contributed by atoms with Gasteiger partial charge in [0.05, 0.1) is 0 Å². The topological polar surface area (TPSA) is 66.8 Å². The van der Waals surface area contributed by atoms with Gasteiger partial charge in [0.2, 0.25) is 5.91 Å². The first kappa shape index (κ1) is 14.4. The lowest BCUT2D eigenvalue weighted by Gasteiger charge is -2.33. The van der Waals surface area contributed by atoms with Gasteiger partial charge in [-0.1, -0.05) is 18.2 Å². The third-order valence-corrected chi connectivity index (χ3v) is 3.54. The van der Waals surface area contributed by atoms with Crippen LogP contribution in [-0.2, 0) is 9.59 Å². The summed E-state index contributed by atoms with van der Waals surface area (Å²) in [7, 11) is 0. The van der Waals surface area contributed by atoms with E-state index >= 15 is 0 Å². The van der Waals surface area contributed by atoms with Gasteiger partial charge >= 0.3 is 5.97 Å². The van der Waals surface area contributed by atoms with E-state index in [9.17, 15) is 9.59 Å². The summed E-state index contributed by atoms with van der Waals surface area (Å²) in [6, 6.07) is 9.58. The van der Waals surface area contributed by atoms with Crippen molar-refractivity contribution in [3.05, 3.63) is 30.3 Å². The van der Waals surface area contributed by atoms with Crippen molar-refractivity contribution in [2.24, 2.45) is 5.92 Å². The predicted molar refractivity (Wildman–Crippen MR) is 73.5 cm³/mol. The SMILES string of the molecule is CC(C(=O)O)C(=O)N1CCC(Oc2ccccc2)CC1. The minimum Gasteiger partial charge on any atom is -0.490 e. The molecule has 0 saturated carbocycles.